The minimum Gasteiger partial charge on any atom is -0.454 e. The van der Waals surface area contributed by atoms with Crippen molar-refractivity contribution in [2.45, 2.75) is 38.1 Å². The second kappa shape index (κ2) is 5.66. The number of aromatic nitrogens is 2. The number of nitrogens with zero attached hydrogens (tertiary/aromatic N) is 2. The molecule has 1 saturated carbocycles. The highest BCUT2D eigenvalue weighted by atomic mass is 35.5. The van der Waals surface area contributed by atoms with Crippen molar-refractivity contribution in [2.24, 2.45) is 0 Å². The normalized spacial score (nSPS) is 16.5. The van der Waals surface area contributed by atoms with Crippen molar-refractivity contribution in [3.8, 4) is 11.5 Å². The minimum atomic E-state index is 0.538. The zero-order valence-electron chi connectivity index (χ0n) is 10.8. The lowest BCUT2D eigenvalue weighted by Crippen LogP contribution is -2.12. The van der Waals surface area contributed by atoms with Crippen LogP contribution in [0, 0.1) is 0 Å². The van der Waals surface area contributed by atoms with Crippen LogP contribution in [-0.4, -0.2) is 9.78 Å². The predicted molar refractivity (Wildman–Crippen MR) is 75.9 cm³/mol. The summed E-state index contributed by atoms with van der Waals surface area (Å²) >= 11 is 5.85. The van der Waals surface area contributed by atoms with Gasteiger partial charge in [0.2, 0.25) is 0 Å². The van der Waals surface area contributed by atoms with Gasteiger partial charge < -0.3 is 4.74 Å². The van der Waals surface area contributed by atoms with E-state index in [-0.39, 0.29) is 0 Å². The van der Waals surface area contributed by atoms with Crippen LogP contribution in [0.4, 0.5) is 0 Å². The van der Waals surface area contributed by atoms with Crippen LogP contribution >= 0.6 is 11.6 Å². The minimum absolute atomic E-state index is 0.538. The van der Waals surface area contributed by atoms with Gasteiger partial charge in [-0.15, -0.1) is 0 Å². The van der Waals surface area contributed by atoms with Gasteiger partial charge in [-0.25, -0.2) is 0 Å². The molecule has 1 aliphatic carbocycles. The highest BCUT2D eigenvalue weighted by molar-refractivity contribution is 6.30. The molecule has 1 heterocycles. The molecule has 0 bridgehead atoms. The summed E-state index contributed by atoms with van der Waals surface area (Å²) < 4.78 is 7.81. The van der Waals surface area contributed by atoms with Crippen LogP contribution in [0.2, 0.25) is 5.02 Å². The fourth-order valence-corrected chi connectivity index (χ4v) is 2.68. The van der Waals surface area contributed by atoms with Gasteiger partial charge in [-0.1, -0.05) is 30.9 Å². The van der Waals surface area contributed by atoms with Crippen LogP contribution in [0.5, 0.6) is 11.5 Å². The van der Waals surface area contributed by atoms with Gasteiger partial charge in [0.15, 0.2) is 5.75 Å². The largest absolute Gasteiger partial charge is 0.454 e. The molecular weight excluding hydrogens is 260 g/mol. The lowest BCUT2D eigenvalue weighted by molar-refractivity contribution is 0.328. The van der Waals surface area contributed by atoms with Gasteiger partial charge >= 0.3 is 0 Å². The third kappa shape index (κ3) is 3.10. The molecule has 3 rings (SSSR count). The number of hydrogen-bond donors (Lipinski definition) is 0. The molecular formula is C15H17ClN2O. The molecule has 3 nitrogen and oxygen atoms in total. The Morgan fingerprint density at radius 2 is 1.79 bits per heavy atom. The van der Waals surface area contributed by atoms with E-state index in [4.69, 9.17) is 16.3 Å². The van der Waals surface area contributed by atoms with Crippen LogP contribution in [-0.2, 0) is 0 Å². The van der Waals surface area contributed by atoms with Crippen molar-refractivity contribution in [3.05, 3.63) is 41.7 Å². The highest BCUT2D eigenvalue weighted by Crippen LogP contribution is 2.29. The first kappa shape index (κ1) is 12.5. The summed E-state index contributed by atoms with van der Waals surface area (Å²) in [5.41, 5.74) is 0. The van der Waals surface area contributed by atoms with Crippen molar-refractivity contribution >= 4 is 11.6 Å². The third-order valence-corrected chi connectivity index (χ3v) is 3.83. The number of ether oxygens (including phenoxy) is 1. The first-order valence-electron chi connectivity index (χ1n) is 6.79. The summed E-state index contributed by atoms with van der Waals surface area (Å²) in [7, 11) is 0. The Labute approximate surface area is 118 Å². The van der Waals surface area contributed by atoms with Gasteiger partial charge in [0.05, 0.1) is 18.4 Å². The molecule has 0 aliphatic heterocycles. The molecule has 2 aromatic rings. The highest BCUT2D eigenvalue weighted by Gasteiger charge is 2.16. The smallest absolute Gasteiger partial charge is 0.165 e. The summed E-state index contributed by atoms with van der Waals surface area (Å²) in [6, 6.07) is 7.90. The first-order chi connectivity index (χ1) is 9.31. The monoisotopic (exact) mass is 276 g/mol. The van der Waals surface area contributed by atoms with Gasteiger partial charge in [0, 0.05) is 5.02 Å². The van der Waals surface area contributed by atoms with E-state index in [0.29, 0.717) is 11.1 Å². The van der Waals surface area contributed by atoms with Crippen LogP contribution < -0.4 is 4.74 Å². The van der Waals surface area contributed by atoms with E-state index in [1.807, 2.05) is 35.1 Å². The summed E-state index contributed by atoms with van der Waals surface area (Å²) in [5.74, 6) is 1.57. The zero-order chi connectivity index (χ0) is 13.1. The van der Waals surface area contributed by atoms with Gasteiger partial charge in [-0.05, 0) is 37.1 Å². The predicted octanol–water partition coefficient (Wildman–Crippen LogP) is 4.83. The third-order valence-electron chi connectivity index (χ3n) is 3.58. The van der Waals surface area contributed by atoms with E-state index in [2.05, 4.69) is 5.10 Å². The maximum atomic E-state index is 5.85. The lowest BCUT2D eigenvalue weighted by atomic mass is 9.96. The summed E-state index contributed by atoms with van der Waals surface area (Å²) in [6.07, 6.45) is 10.2. The topological polar surface area (TPSA) is 27.1 Å². The molecule has 0 unspecified atom stereocenters. The van der Waals surface area contributed by atoms with Gasteiger partial charge in [-0.2, -0.15) is 5.10 Å². The second-order valence-electron chi connectivity index (χ2n) is 5.00. The fourth-order valence-electron chi connectivity index (χ4n) is 2.56. The van der Waals surface area contributed by atoms with Gasteiger partial charge in [0.1, 0.15) is 5.75 Å². The van der Waals surface area contributed by atoms with Crippen LogP contribution in [0.15, 0.2) is 36.7 Å². The first-order valence-corrected chi connectivity index (χ1v) is 7.17. The van der Waals surface area contributed by atoms with Crippen LogP contribution in [0.1, 0.15) is 38.1 Å². The Balaban J connectivity index is 1.68. The van der Waals surface area contributed by atoms with Gasteiger partial charge in [0.25, 0.3) is 0 Å². The molecule has 100 valence electrons. The van der Waals surface area contributed by atoms with Crippen molar-refractivity contribution in [1.82, 2.24) is 9.78 Å². The molecule has 4 heteroatoms. The molecule has 0 atom stereocenters. The van der Waals surface area contributed by atoms with E-state index in [1.165, 1.54) is 32.1 Å². The Morgan fingerprint density at radius 3 is 2.53 bits per heavy atom. The van der Waals surface area contributed by atoms with Gasteiger partial charge in [-0.3, -0.25) is 4.68 Å². The Kier molecular flexibility index (Phi) is 3.74. The van der Waals surface area contributed by atoms with Crippen molar-refractivity contribution < 1.29 is 4.74 Å². The van der Waals surface area contributed by atoms with Crippen LogP contribution in [0.25, 0.3) is 0 Å². The maximum absolute atomic E-state index is 5.85. The summed E-state index contributed by atoms with van der Waals surface area (Å²) in [5, 5.41) is 5.13. The second-order valence-corrected chi connectivity index (χ2v) is 5.44. The number of hydrogen-bond acceptors (Lipinski definition) is 2. The van der Waals surface area contributed by atoms with E-state index < -0.39 is 0 Å². The summed E-state index contributed by atoms with van der Waals surface area (Å²) in [6.45, 7) is 0. The van der Waals surface area contributed by atoms with E-state index in [1.54, 1.807) is 6.20 Å². The molecule has 1 aromatic heterocycles. The Bertz CT molecular complexity index is 529. The SMILES string of the molecule is Clc1ccc(Oc2cnn(C3CCCCC3)c2)cc1. The molecule has 1 fully saturated rings. The van der Waals surface area contributed by atoms with E-state index >= 15 is 0 Å². The molecule has 1 aliphatic rings. The lowest BCUT2D eigenvalue weighted by Gasteiger charge is -2.21. The quantitative estimate of drug-likeness (QED) is 0.802. The Hall–Kier alpha value is -1.48. The number of rotatable bonds is 3. The van der Waals surface area contributed by atoms with Crippen molar-refractivity contribution in [1.29, 1.82) is 0 Å². The number of benzene rings is 1. The van der Waals surface area contributed by atoms with Crippen molar-refractivity contribution in [2.75, 3.05) is 0 Å². The van der Waals surface area contributed by atoms with Crippen molar-refractivity contribution in [3.63, 3.8) is 0 Å². The fraction of sp³-hybridized carbons (Fsp3) is 0.400. The molecule has 19 heavy (non-hydrogen) atoms. The maximum Gasteiger partial charge on any atom is 0.165 e. The summed E-state index contributed by atoms with van der Waals surface area (Å²) in [4.78, 5) is 0. The molecule has 1 aromatic carbocycles. The Morgan fingerprint density at radius 1 is 1.05 bits per heavy atom. The van der Waals surface area contributed by atoms with Crippen LogP contribution in [0.3, 0.4) is 0 Å². The van der Waals surface area contributed by atoms with E-state index in [9.17, 15) is 0 Å². The zero-order valence-corrected chi connectivity index (χ0v) is 11.5. The molecule has 0 N–H and O–H groups in total. The standard InChI is InChI=1S/C15H17ClN2O/c16-12-6-8-14(9-7-12)19-15-10-17-18(11-15)13-4-2-1-3-5-13/h6-11,13H,1-5H2. The molecule has 0 radical (unpaired) electrons. The molecule has 0 amide bonds. The molecule has 0 spiro atoms. The average Bonchev–Trinajstić information content (AvgIpc) is 2.91. The number of halogens is 1. The average molecular weight is 277 g/mol. The van der Waals surface area contributed by atoms with E-state index in [0.717, 1.165) is 11.5 Å². The molecule has 0 saturated heterocycles.